The Balaban J connectivity index is 2.16. The van der Waals surface area contributed by atoms with Crippen LogP contribution in [-0.4, -0.2) is 18.8 Å². The van der Waals surface area contributed by atoms with Gasteiger partial charge in [0.05, 0.1) is 0 Å². The van der Waals surface area contributed by atoms with Gasteiger partial charge >= 0.3 is 0 Å². The molecule has 0 saturated heterocycles. The fourth-order valence-corrected chi connectivity index (χ4v) is 2.72. The summed E-state index contributed by atoms with van der Waals surface area (Å²) in [4.78, 5) is 1.38. The molecule has 0 aromatic heterocycles. The van der Waals surface area contributed by atoms with Crippen molar-refractivity contribution < 1.29 is 0 Å². The molecule has 1 N–H and O–H groups in total. The average molecular weight is 237 g/mol. The molecule has 0 aliphatic carbocycles. The third kappa shape index (κ3) is 5.04. The zero-order valence-electron chi connectivity index (χ0n) is 10.6. The van der Waals surface area contributed by atoms with Crippen molar-refractivity contribution in [3.63, 3.8) is 0 Å². The van der Waals surface area contributed by atoms with Crippen LogP contribution in [0.5, 0.6) is 0 Å². The van der Waals surface area contributed by atoms with E-state index in [1.165, 1.54) is 23.5 Å². The minimum atomic E-state index is 0.663. The van der Waals surface area contributed by atoms with Gasteiger partial charge in [0.1, 0.15) is 0 Å². The van der Waals surface area contributed by atoms with Crippen molar-refractivity contribution >= 4 is 11.8 Å². The Hall–Kier alpha value is -0.470. The van der Waals surface area contributed by atoms with Crippen LogP contribution >= 0.6 is 11.8 Å². The molecule has 90 valence electrons. The van der Waals surface area contributed by atoms with E-state index in [0.29, 0.717) is 6.04 Å². The summed E-state index contributed by atoms with van der Waals surface area (Å²) in [6.45, 7) is 4.57. The quantitative estimate of drug-likeness (QED) is 0.572. The van der Waals surface area contributed by atoms with E-state index in [4.69, 9.17) is 0 Å². The van der Waals surface area contributed by atoms with Crippen molar-refractivity contribution in [2.45, 2.75) is 37.6 Å². The lowest BCUT2D eigenvalue weighted by molar-refractivity contribution is 0.400. The molecule has 0 aliphatic heterocycles. The highest BCUT2D eigenvalue weighted by Gasteiger charge is 2.09. The lowest BCUT2D eigenvalue weighted by atomic mass is 10.0. The molecule has 1 atom stereocenters. The van der Waals surface area contributed by atoms with E-state index >= 15 is 0 Å². The van der Waals surface area contributed by atoms with Crippen LogP contribution in [0.1, 0.15) is 26.7 Å². The molecule has 1 aromatic rings. The van der Waals surface area contributed by atoms with Gasteiger partial charge in [-0.25, -0.2) is 0 Å². The molecule has 1 rings (SSSR count). The number of hydrogen-bond acceptors (Lipinski definition) is 2. The Morgan fingerprint density at radius 1 is 1.19 bits per heavy atom. The Morgan fingerprint density at radius 3 is 2.44 bits per heavy atom. The van der Waals surface area contributed by atoms with E-state index in [1.807, 2.05) is 11.8 Å². The Kier molecular flexibility index (Phi) is 6.58. The Labute approximate surface area is 104 Å². The lowest BCUT2D eigenvalue weighted by Crippen LogP contribution is -2.30. The second kappa shape index (κ2) is 7.75. The van der Waals surface area contributed by atoms with E-state index in [0.717, 1.165) is 5.92 Å². The third-order valence-corrected chi connectivity index (χ3v) is 3.95. The molecule has 0 heterocycles. The van der Waals surface area contributed by atoms with Crippen molar-refractivity contribution in [2.24, 2.45) is 5.92 Å². The molecule has 1 aromatic carbocycles. The fraction of sp³-hybridized carbons (Fsp3) is 0.571. The van der Waals surface area contributed by atoms with Gasteiger partial charge in [0.25, 0.3) is 0 Å². The molecule has 0 fully saturated rings. The van der Waals surface area contributed by atoms with Crippen LogP contribution < -0.4 is 5.32 Å². The zero-order chi connectivity index (χ0) is 11.8. The lowest BCUT2D eigenvalue weighted by Gasteiger charge is -2.19. The summed E-state index contributed by atoms with van der Waals surface area (Å²) < 4.78 is 0. The number of benzene rings is 1. The van der Waals surface area contributed by atoms with Crippen molar-refractivity contribution in [3.05, 3.63) is 30.3 Å². The summed E-state index contributed by atoms with van der Waals surface area (Å²) in [6, 6.07) is 11.3. The smallest absolute Gasteiger partial charge is 0.00873 e. The summed E-state index contributed by atoms with van der Waals surface area (Å²) in [7, 11) is 2.06. The molecule has 0 spiro atoms. The maximum absolute atomic E-state index is 3.39. The second-order valence-corrected chi connectivity index (χ2v) is 5.61. The Morgan fingerprint density at radius 2 is 1.88 bits per heavy atom. The summed E-state index contributed by atoms with van der Waals surface area (Å²) in [5.41, 5.74) is 0. The molecule has 0 amide bonds. The summed E-state index contributed by atoms with van der Waals surface area (Å²) in [6.07, 6.45) is 2.55. The minimum Gasteiger partial charge on any atom is -0.317 e. The monoisotopic (exact) mass is 237 g/mol. The molecular formula is C14H23NS. The first kappa shape index (κ1) is 13.6. The van der Waals surface area contributed by atoms with Gasteiger partial charge in [-0.05, 0) is 43.7 Å². The Bertz CT molecular complexity index is 271. The minimum absolute atomic E-state index is 0.663. The first-order valence-electron chi connectivity index (χ1n) is 6.09. The van der Waals surface area contributed by atoms with Crippen LogP contribution in [0.25, 0.3) is 0 Å². The van der Waals surface area contributed by atoms with Gasteiger partial charge in [0.2, 0.25) is 0 Å². The maximum Gasteiger partial charge on any atom is 0.00873 e. The highest BCUT2D eigenvalue weighted by Crippen LogP contribution is 2.19. The van der Waals surface area contributed by atoms with Crippen molar-refractivity contribution in [2.75, 3.05) is 12.8 Å². The van der Waals surface area contributed by atoms with Crippen LogP contribution in [0.3, 0.4) is 0 Å². The van der Waals surface area contributed by atoms with Crippen LogP contribution in [0, 0.1) is 5.92 Å². The molecule has 0 aliphatic rings. The molecule has 0 saturated carbocycles. The van der Waals surface area contributed by atoms with Crippen LogP contribution in [-0.2, 0) is 0 Å². The number of hydrogen-bond donors (Lipinski definition) is 1. The topological polar surface area (TPSA) is 12.0 Å². The standard InChI is InChI=1S/C14H23NS/c1-12(2)14(15-3)10-7-11-16-13-8-5-4-6-9-13/h4-6,8-9,12,14-15H,7,10-11H2,1-3H3. The van der Waals surface area contributed by atoms with Crippen molar-refractivity contribution in [1.82, 2.24) is 5.32 Å². The SMILES string of the molecule is CNC(CCCSc1ccccc1)C(C)C. The maximum atomic E-state index is 3.39. The van der Waals surface area contributed by atoms with Gasteiger partial charge in [-0.15, -0.1) is 11.8 Å². The zero-order valence-corrected chi connectivity index (χ0v) is 11.4. The van der Waals surface area contributed by atoms with Gasteiger partial charge in [0.15, 0.2) is 0 Å². The summed E-state index contributed by atoms with van der Waals surface area (Å²) in [5, 5.41) is 3.39. The molecule has 16 heavy (non-hydrogen) atoms. The van der Waals surface area contributed by atoms with Gasteiger partial charge in [-0.2, -0.15) is 0 Å². The van der Waals surface area contributed by atoms with Crippen LogP contribution in [0.4, 0.5) is 0 Å². The summed E-state index contributed by atoms with van der Waals surface area (Å²) in [5.74, 6) is 1.95. The molecule has 1 unspecified atom stereocenters. The number of thioether (sulfide) groups is 1. The highest BCUT2D eigenvalue weighted by atomic mass is 32.2. The number of rotatable bonds is 7. The van der Waals surface area contributed by atoms with Crippen molar-refractivity contribution in [3.8, 4) is 0 Å². The van der Waals surface area contributed by atoms with E-state index in [-0.39, 0.29) is 0 Å². The molecule has 0 radical (unpaired) electrons. The first-order chi connectivity index (χ1) is 7.74. The third-order valence-electron chi connectivity index (χ3n) is 2.85. The molecule has 1 nitrogen and oxygen atoms in total. The predicted molar refractivity (Wildman–Crippen MR) is 74.1 cm³/mol. The van der Waals surface area contributed by atoms with Crippen molar-refractivity contribution in [1.29, 1.82) is 0 Å². The largest absolute Gasteiger partial charge is 0.317 e. The van der Waals surface area contributed by atoms with Gasteiger partial charge in [-0.1, -0.05) is 32.0 Å². The molecule has 2 heteroatoms. The van der Waals surface area contributed by atoms with E-state index < -0.39 is 0 Å². The predicted octanol–water partition coefficient (Wildman–Crippen LogP) is 3.80. The van der Waals surface area contributed by atoms with E-state index in [1.54, 1.807) is 0 Å². The van der Waals surface area contributed by atoms with Gasteiger partial charge in [-0.3, -0.25) is 0 Å². The molecule has 0 bridgehead atoms. The normalized spacial score (nSPS) is 13.0. The van der Waals surface area contributed by atoms with Gasteiger partial charge in [0, 0.05) is 10.9 Å². The van der Waals surface area contributed by atoms with E-state index in [2.05, 4.69) is 56.5 Å². The van der Waals surface area contributed by atoms with Crippen LogP contribution in [0.2, 0.25) is 0 Å². The average Bonchev–Trinajstić information content (AvgIpc) is 2.30. The second-order valence-electron chi connectivity index (χ2n) is 4.44. The molecular weight excluding hydrogens is 214 g/mol. The highest BCUT2D eigenvalue weighted by molar-refractivity contribution is 7.99. The number of nitrogens with one attached hydrogen (secondary N) is 1. The summed E-state index contributed by atoms with van der Waals surface area (Å²) >= 11 is 1.96. The van der Waals surface area contributed by atoms with Gasteiger partial charge < -0.3 is 5.32 Å². The van der Waals surface area contributed by atoms with E-state index in [9.17, 15) is 0 Å². The van der Waals surface area contributed by atoms with Crippen LogP contribution in [0.15, 0.2) is 35.2 Å². The first-order valence-corrected chi connectivity index (χ1v) is 7.07. The fourth-order valence-electron chi connectivity index (χ4n) is 1.82.